The maximum atomic E-state index is 11.0. The number of nitrogens with two attached hydrogens (primary N) is 1. The number of alkyl halides is 2. The van der Waals surface area contributed by atoms with Crippen LogP contribution in [0.1, 0.15) is 5.56 Å². The topological polar surface area (TPSA) is 43.1 Å². The van der Waals surface area contributed by atoms with Crippen LogP contribution in [-0.4, -0.2) is 5.91 Å². The van der Waals surface area contributed by atoms with E-state index in [0.29, 0.717) is 5.56 Å². The van der Waals surface area contributed by atoms with Gasteiger partial charge in [-0.05, 0) is 23.8 Å². The van der Waals surface area contributed by atoms with Crippen LogP contribution >= 0.6 is 55.1 Å². The second kappa shape index (κ2) is 4.39. The molecule has 0 atom stereocenters. The highest BCUT2D eigenvalue weighted by molar-refractivity contribution is 9.11. The van der Waals surface area contributed by atoms with Crippen molar-refractivity contribution in [1.82, 2.24) is 0 Å². The molecule has 76 valence electrons. The Labute approximate surface area is 108 Å². The van der Waals surface area contributed by atoms with Crippen LogP contribution in [0.5, 0.6) is 0 Å². The first-order valence-electron chi connectivity index (χ1n) is 3.48. The van der Waals surface area contributed by atoms with Gasteiger partial charge in [-0.1, -0.05) is 55.1 Å². The zero-order valence-electron chi connectivity index (χ0n) is 6.73. The summed E-state index contributed by atoms with van der Waals surface area (Å²) in [4.78, 5) is 11.0. The molecule has 1 aromatic rings. The van der Waals surface area contributed by atoms with E-state index in [9.17, 15) is 4.79 Å². The van der Waals surface area contributed by atoms with Crippen molar-refractivity contribution >= 4 is 61.0 Å². The number of hydrogen-bond acceptors (Lipinski definition) is 1. The molecule has 1 aromatic carbocycles. The van der Waals surface area contributed by atoms with Crippen LogP contribution < -0.4 is 5.73 Å². The molecule has 2 N–H and O–H groups in total. The molecule has 0 unspecified atom stereocenters. The lowest BCUT2D eigenvalue weighted by molar-refractivity contribution is -0.118. The van der Waals surface area contributed by atoms with Crippen LogP contribution in [0.4, 0.5) is 0 Å². The summed E-state index contributed by atoms with van der Waals surface area (Å²) in [5, 5.41) is 0. The molecule has 0 aliphatic carbocycles. The molecule has 0 bridgehead atoms. The van der Waals surface area contributed by atoms with Crippen molar-refractivity contribution in [2.75, 3.05) is 0 Å². The predicted molar refractivity (Wildman–Crippen MR) is 64.4 cm³/mol. The highest BCUT2D eigenvalue weighted by atomic mass is 79.9. The van der Waals surface area contributed by atoms with E-state index in [0.717, 1.165) is 8.95 Å². The van der Waals surface area contributed by atoms with Gasteiger partial charge in [0.05, 0.1) is 0 Å². The lowest BCUT2D eigenvalue weighted by atomic mass is 10.1. The minimum Gasteiger partial charge on any atom is -0.367 e. The first-order valence-corrected chi connectivity index (χ1v) is 5.82. The van der Waals surface area contributed by atoms with Crippen molar-refractivity contribution in [2.45, 2.75) is 4.33 Å². The highest BCUT2D eigenvalue weighted by Gasteiger charge is 2.34. The summed E-state index contributed by atoms with van der Waals surface area (Å²) in [6.07, 6.45) is 0. The molecule has 0 saturated heterocycles. The second-order valence-corrected chi connectivity index (χ2v) is 5.76. The molecule has 1 rings (SSSR count). The van der Waals surface area contributed by atoms with Crippen LogP contribution in [-0.2, 0) is 9.13 Å². The van der Waals surface area contributed by atoms with Gasteiger partial charge < -0.3 is 5.73 Å². The molecule has 14 heavy (non-hydrogen) atoms. The van der Waals surface area contributed by atoms with Crippen molar-refractivity contribution in [3.63, 3.8) is 0 Å². The molecule has 0 heterocycles. The molecule has 0 spiro atoms. The van der Waals surface area contributed by atoms with E-state index in [2.05, 4.69) is 31.9 Å². The third kappa shape index (κ3) is 2.63. The molecule has 6 heteroatoms. The number of benzene rings is 1. The summed E-state index contributed by atoms with van der Waals surface area (Å²) < 4.78 is -0.186. The van der Waals surface area contributed by atoms with Gasteiger partial charge in [-0.15, -0.1) is 0 Å². The van der Waals surface area contributed by atoms with Crippen molar-refractivity contribution in [1.29, 1.82) is 0 Å². The van der Waals surface area contributed by atoms with Crippen LogP contribution in [0, 0.1) is 0 Å². The van der Waals surface area contributed by atoms with Gasteiger partial charge in [0.1, 0.15) is 0 Å². The Bertz CT molecular complexity index is 361. The Balaban J connectivity index is 3.25. The van der Waals surface area contributed by atoms with E-state index in [-0.39, 0.29) is 0 Å². The maximum Gasteiger partial charge on any atom is 0.258 e. The van der Waals surface area contributed by atoms with E-state index >= 15 is 0 Å². The molecular formula is C8H5Br2Cl2NO. The Morgan fingerprint density at radius 2 is 1.64 bits per heavy atom. The Morgan fingerprint density at radius 3 is 2.00 bits per heavy atom. The van der Waals surface area contributed by atoms with E-state index in [1.54, 1.807) is 18.2 Å². The van der Waals surface area contributed by atoms with Crippen LogP contribution in [0.15, 0.2) is 27.1 Å². The average molecular weight is 362 g/mol. The summed E-state index contributed by atoms with van der Waals surface area (Å²) in [6.45, 7) is 0. The Morgan fingerprint density at radius 1 is 1.21 bits per heavy atom. The molecule has 0 fully saturated rings. The summed E-state index contributed by atoms with van der Waals surface area (Å²) in [5.41, 5.74) is 5.49. The average Bonchev–Trinajstić information content (AvgIpc) is 2.01. The summed E-state index contributed by atoms with van der Waals surface area (Å²) in [6, 6.07) is 5.07. The van der Waals surface area contributed by atoms with Gasteiger partial charge in [-0.2, -0.15) is 0 Å². The first-order chi connectivity index (χ1) is 6.34. The zero-order valence-corrected chi connectivity index (χ0v) is 11.4. The second-order valence-electron chi connectivity index (χ2n) is 2.60. The van der Waals surface area contributed by atoms with E-state index in [1.165, 1.54) is 0 Å². The lowest BCUT2D eigenvalue weighted by Gasteiger charge is -2.16. The third-order valence-corrected chi connectivity index (χ3v) is 3.26. The minimum atomic E-state index is -1.70. The lowest BCUT2D eigenvalue weighted by Crippen LogP contribution is -2.30. The number of primary amides is 1. The summed E-state index contributed by atoms with van der Waals surface area (Å²) >= 11 is 18.1. The van der Waals surface area contributed by atoms with E-state index < -0.39 is 10.2 Å². The zero-order chi connectivity index (χ0) is 10.9. The molecule has 0 saturated carbocycles. The van der Waals surface area contributed by atoms with Gasteiger partial charge in [-0.25, -0.2) is 0 Å². The van der Waals surface area contributed by atoms with Crippen LogP contribution in [0.25, 0.3) is 0 Å². The van der Waals surface area contributed by atoms with Crippen molar-refractivity contribution < 1.29 is 4.79 Å². The normalized spacial score (nSPS) is 11.4. The highest BCUT2D eigenvalue weighted by Crippen LogP contribution is 2.36. The molecule has 0 aliphatic rings. The SMILES string of the molecule is NC(=O)C(Cl)(Cl)c1cc(Br)cc(Br)c1. The quantitative estimate of drug-likeness (QED) is 0.807. The maximum absolute atomic E-state index is 11.0. The largest absolute Gasteiger partial charge is 0.367 e. The van der Waals surface area contributed by atoms with E-state index in [4.69, 9.17) is 28.9 Å². The summed E-state index contributed by atoms with van der Waals surface area (Å²) in [7, 11) is 0. The fourth-order valence-corrected chi connectivity index (χ4v) is 2.39. The third-order valence-electron chi connectivity index (χ3n) is 1.53. The Hall–Kier alpha value is 0.230. The van der Waals surface area contributed by atoms with Gasteiger partial charge in [0.15, 0.2) is 0 Å². The smallest absolute Gasteiger partial charge is 0.258 e. The minimum absolute atomic E-state index is 0.426. The first kappa shape index (κ1) is 12.3. The van der Waals surface area contributed by atoms with Gasteiger partial charge >= 0.3 is 0 Å². The van der Waals surface area contributed by atoms with Gasteiger partial charge in [-0.3, -0.25) is 4.79 Å². The number of carbonyl (C=O) groups is 1. The predicted octanol–water partition coefficient (Wildman–Crippen LogP) is 3.33. The molecule has 1 amide bonds. The molecule has 0 aliphatic heterocycles. The number of halogens is 4. The summed E-state index contributed by atoms with van der Waals surface area (Å²) in [5.74, 6) is -0.800. The standard InChI is InChI=1S/C8H5Br2Cl2NO/c9-5-1-4(2-6(10)3-5)8(11,12)7(13)14/h1-3H,(H2,13,14). The molecule has 0 aromatic heterocycles. The fraction of sp³-hybridized carbons (Fsp3) is 0.125. The number of rotatable bonds is 2. The fourth-order valence-electron chi connectivity index (χ4n) is 0.877. The van der Waals surface area contributed by atoms with Crippen molar-refractivity contribution in [3.8, 4) is 0 Å². The van der Waals surface area contributed by atoms with Gasteiger partial charge in [0, 0.05) is 8.95 Å². The van der Waals surface area contributed by atoms with Crippen LogP contribution in [0.2, 0.25) is 0 Å². The van der Waals surface area contributed by atoms with Crippen molar-refractivity contribution in [2.24, 2.45) is 5.73 Å². The molecule has 2 nitrogen and oxygen atoms in total. The van der Waals surface area contributed by atoms with E-state index in [1.807, 2.05) is 0 Å². The monoisotopic (exact) mass is 359 g/mol. The Kier molecular flexibility index (Phi) is 3.86. The number of amides is 1. The molecule has 0 radical (unpaired) electrons. The number of hydrogen-bond donors (Lipinski definition) is 1. The van der Waals surface area contributed by atoms with Crippen molar-refractivity contribution in [3.05, 3.63) is 32.7 Å². The van der Waals surface area contributed by atoms with Crippen LogP contribution in [0.3, 0.4) is 0 Å². The molecular weight excluding hydrogens is 357 g/mol. The van der Waals surface area contributed by atoms with Gasteiger partial charge in [0.25, 0.3) is 5.91 Å². The van der Waals surface area contributed by atoms with Gasteiger partial charge in [0.2, 0.25) is 4.33 Å². The number of carbonyl (C=O) groups excluding carboxylic acids is 1.